The summed E-state index contributed by atoms with van der Waals surface area (Å²) >= 11 is 0. The highest BCUT2D eigenvalue weighted by Gasteiger charge is 2.22. The molecular formula is C18H25N3O4S. The summed E-state index contributed by atoms with van der Waals surface area (Å²) in [6.07, 6.45) is 0.831. The summed E-state index contributed by atoms with van der Waals surface area (Å²) in [7, 11) is -1.98. The van der Waals surface area contributed by atoms with Gasteiger partial charge in [-0.1, -0.05) is 5.16 Å². The fourth-order valence-corrected chi connectivity index (χ4v) is 3.84. The average Bonchev–Trinajstić information content (AvgIpc) is 2.91. The van der Waals surface area contributed by atoms with E-state index in [0.717, 1.165) is 17.0 Å². The molecular weight excluding hydrogens is 354 g/mol. The third kappa shape index (κ3) is 4.50. The molecule has 0 fully saturated rings. The summed E-state index contributed by atoms with van der Waals surface area (Å²) in [4.78, 5) is 12.3. The first-order chi connectivity index (χ1) is 12.1. The topological polar surface area (TPSA) is 92.5 Å². The maximum absolute atomic E-state index is 12.4. The molecule has 1 N–H and O–H groups in total. The number of rotatable bonds is 7. The number of sulfonamides is 1. The van der Waals surface area contributed by atoms with E-state index in [1.165, 1.54) is 16.4 Å². The number of amides is 1. The minimum Gasteiger partial charge on any atom is -0.361 e. The van der Waals surface area contributed by atoms with E-state index in [4.69, 9.17) is 4.52 Å². The molecule has 0 aliphatic rings. The highest BCUT2D eigenvalue weighted by Crippen LogP contribution is 2.20. The van der Waals surface area contributed by atoms with E-state index in [1.54, 1.807) is 19.2 Å². The molecule has 0 aliphatic carbocycles. The van der Waals surface area contributed by atoms with Gasteiger partial charge >= 0.3 is 0 Å². The molecule has 1 heterocycles. The van der Waals surface area contributed by atoms with Crippen molar-refractivity contribution in [2.24, 2.45) is 0 Å². The van der Waals surface area contributed by atoms with E-state index >= 15 is 0 Å². The average molecular weight is 379 g/mol. The molecule has 1 aromatic heterocycles. The van der Waals surface area contributed by atoms with Crippen LogP contribution in [0, 0.1) is 13.8 Å². The fraction of sp³-hybridized carbons (Fsp3) is 0.444. The number of hydrogen-bond donors (Lipinski definition) is 1. The summed E-state index contributed by atoms with van der Waals surface area (Å²) in [5, 5.41) is 6.65. The molecule has 0 atom stereocenters. The first-order valence-electron chi connectivity index (χ1n) is 8.42. The van der Waals surface area contributed by atoms with Crippen LogP contribution in [0.15, 0.2) is 33.7 Å². The van der Waals surface area contributed by atoms with Crippen molar-refractivity contribution in [1.29, 1.82) is 0 Å². The van der Waals surface area contributed by atoms with E-state index in [1.807, 2.05) is 27.7 Å². The lowest BCUT2D eigenvalue weighted by Gasteiger charge is -2.21. The third-order valence-electron chi connectivity index (χ3n) is 4.33. The Labute approximate surface area is 154 Å². The van der Waals surface area contributed by atoms with Crippen LogP contribution in [0.4, 0.5) is 5.69 Å². The molecule has 0 saturated carbocycles. The number of carbonyl (C=O) groups excluding carboxylic acids is 1. The summed E-state index contributed by atoms with van der Waals surface area (Å²) in [5.74, 6) is 0.569. The maximum atomic E-state index is 12.4. The number of benzene rings is 1. The molecule has 0 unspecified atom stereocenters. The minimum absolute atomic E-state index is 0.135. The molecule has 1 amide bonds. The zero-order chi connectivity index (χ0) is 19.5. The number of hydrogen-bond acceptors (Lipinski definition) is 5. The van der Waals surface area contributed by atoms with Crippen LogP contribution in [0.25, 0.3) is 0 Å². The molecule has 0 aliphatic heterocycles. The number of anilines is 1. The lowest BCUT2D eigenvalue weighted by Crippen LogP contribution is -2.33. The van der Waals surface area contributed by atoms with E-state index in [2.05, 4.69) is 10.5 Å². The zero-order valence-corrected chi connectivity index (χ0v) is 16.6. The van der Waals surface area contributed by atoms with Crippen molar-refractivity contribution in [1.82, 2.24) is 9.46 Å². The Hall–Kier alpha value is -2.19. The molecule has 8 heteroatoms. The van der Waals surface area contributed by atoms with Crippen LogP contribution in [0.3, 0.4) is 0 Å². The summed E-state index contributed by atoms with van der Waals surface area (Å²) < 4.78 is 31.3. The van der Waals surface area contributed by atoms with Gasteiger partial charge in [-0.25, -0.2) is 8.42 Å². The minimum atomic E-state index is -3.53. The van der Waals surface area contributed by atoms with Crippen molar-refractivity contribution in [3.8, 4) is 0 Å². The lowest BCUT2D eigenvalue weighted by molar-refractivity contribution is -0.116. The van der Waals surface area contributed by atoms with Gasteiger partial charge in [-0.15, -0.1) is 0 Å². The fourth-order valence-electron chi connectivity index (χ4n) is 2.47. The van der Waals surface area contributed by atoms with Gasteiger partial charge in [0.05, 0.1) is 10.6 Å². The van der Waals surface area contributed by atoms with Gasteiger partial charge in [-0.05, 0) is 58.4 Å². The summed E-state index contributed by atoms with van der Waals surface area (Å²) in [6.45, 7) is 7.29. The van der Waals surface area contributed by atoms with Crippen molar-refractivity contribution in [3.05, 3.63) is 41.3 Å². The van der Waals surface area contributed by atoms with Crippen molar-refractivity contribution in [2.45, 2.75) is 51.5 Å². The van der Waals surface area contributed by atoms with Gasteiger partial charge in [0.2, 0.25) is 15.9 Å². The van der Waals surface area contributed by atoms with E-state index in [9.17, 15) is 13.2 Å². The Kier molecular flexibility index (Phi) is 6.20. The second-order valence-electron chi connectivity index (χ2n) is 6.49. The second-order valence-corrected chi connectivity index (χ2v) is 8.49. The van der Waals surface area contributed by atoms with Gasteiger partial charge in [0, 0.05) is 30.8 Å². The molecule has 0 bridgehead atoms. The van der Waals surface area contributed by atoms with Crippen LogP contribution >= 0.6 is 0 Å². The molecule has 2 rings (SSSR count). The van der Waals surface area contributed by atoms with Crippen LogP contribution in [-0.4, -0.2) is 36.9 Å². The van der Waals surface area contributed by atoms with Crippen LogP contribution in [0.5, 0.6) is 0 Å². The molecule has 0 spiro atoms. The van der Waals surface area contributed by atoms with Gasteiger partial charge < -0.3 is 9.84 Å². The van der Waals surface area contributed by atoms with Gasteiger partial charge in [0.15, 0.2) is 0 Å². The Morgan fingerprint density at radius 2 is 1.85 bits per heavy atom. The predicted octanol–water partition coefficient (Wildman–Crippen LogP) is 2.89. The normalized spacial score (nSPS) is 12.0. The summed E-state index contributed by atoms with van der Waals surface area (Å²) in [5.41, 5.74) is 2.29. The number of aryl methyl sites for hydroxylation is 2. The largest absolute Gasteiger partial charge is 0.361 e. The second kappa shape index (κ2) is 8.01. The van der Waals surface area contributed by atoms with Crippen LogP contribution < -0.4 is 5.32 Å². The first kappa shape index (κ1) is 20.1. The van der Waals surface area contributed by atoms with Gasteiger partial charge in [-0.3, -0.25) is 4.79 Å². The monoisotopic (exact) mass is 379 g/mol. The van der Waals surface area contributed by atoms with Crippen molar-refractivity contribution < 1.29 is 17.7 Å². The zero-order valence-electron chi connectivity index (χ0n) is 15.7. The molecule has 1 aromatic carbocycles. The molecule has 142 valence electrons. The molecule has 0 saturated heterocycles. The van der Waals surface area contributed by atoms with E-state index in [0.29, 0.717) is 18.5 Å². The maximum Gasteiger partial charge on any atom is 0.243 e. The highest BCUT2D eigenvalue weighted by atomic mass is 32.2. The Balaban J connectivity index is 1.99. The molecule has 0 radical (unpaired) electrons. The predicted molar refractivity (Wildman–Crippen MR) is 99.5 cm³/mol. The lowest BCUT2D eigenvalue weighted by atomic mass is 10.1. The van der Waals surface area contributed by atoms with Crippen LogP contribution in [0.1, 0.15) is 37.3 Å². The number of nitrogens with zero attached hydrogens (tertiary/aromatic N) is 2. The van der Waals surface area contributed by atoms with Gasteiger partial charge in [-0.2, -0.15) is 4.31 Å². The quantitative estimate of drug-likeness (QED) is 0.798. The van der Waals surface area contributed by atoms with Gasteiger partial charge in [0.25, 0.3) is 0 Å². The van der Waals surface area contributed by atoms with Gasteiger partial charge in [0.1, 0.15) is 5.76 Å². The Morgan fingerprint density at radius 3 is 2.35 bits per heavy atom. The Morgan fingerprint density at radius 1 is 1.23 bits per heavy atom. The smallest absolute Gasteiger partial charge is 0.243 e. The van der Waals surface area contributed by atoms with Crippen molar-refractivity contribution >= 4 is 21.6 Å². The third-order valence-corrected chi connectivity index (χ3v) is 6.37. The summed E-state index contributed by atoms with van der Waals surface area (Å²) in [6, 6.07) is 6.05. The first-order valence-corrected chi connectivity index (χ1v) is 9.86. The van der Waals surface area contributed by atoms with E-state index < -0.39 is 10.0 Å². The molecule has 26 heavy (non-hydrogen) atoms. The van der Waals surface area contributed by atoms with E-state index in [-0.39, 0.29) is 16.8 Å². The molecule has 7 nitrogen and oxygen atoms in total. The van der Waals surface area contributed by atoms with Crippen LogP contribution in [0.2, 0.25) is 0 Å². The highest BCUT2D eigenvalue weighted by molar-refractivity contribution is 7.89. The van der Waals surface area contributed by atoms with Crippen molar-refractivity contribution in [2.75, 3.05) is 12.4 Å². The Bertz CT molecular complexity index is 851. The number of carbonyl (C=O) groups is 1. The number of nitrogens with one attached hydrogen (secondary N) is 1. The van der Waals surface area contributed by atoms with Crippen molar-refractivity contribution in [3.63, 3.8) is 0 Å². The number of aromatic nitrogens is 1. The SMILES string of the molecule is Cc1noc(C)c1CCC(=O)Nc1ccc(S(=O)(=O)N(C)C(C)C)cc1. The molecule has 2 aromatic rings. The standard InChI is InChI=1S/C18H25N3O4S/c1-12(2)21(5)26(23,24)16-8-6-15(7-9-16)19-18(22)11-10-17-13(3)20-25-14(17)4/h6-9,12H,10-11H2,1-5H3,(H,19,22). The van der Waals surface area contributed by atoms with Crippen LogP contribution in [-0.2, 0) is 21.2 Å².